The molecule has 168 valence electrons. The zero-order valence-corrected chi connectivity index (χ0v) is 19.1. The molecule has 1 fully saturated rings. The molecule has 2 aromatic carbocycles. The first-order valence-electron chi connectivity index (χ1n) is 10.3. The second-order valence-corrected chi connectivity index (χ2v) is 10.1. The maximum atomic E-state index is 13.4. The van der Waals surface area contributed by atoms with Crippen LogP contribution in [-0.2, 0) is 15.0 Å². The van der Waals surface area contributed by atoms with Crippen molar-refractivity contribution in [2.45, 2.75) is 6.42 Å². The Labute approximate surface area is 184 Å². The van der Waals surface area contributed by atoms with Crippen LogP contribution in [0.25, 0.3) is 0 Å². The van der Waals surface area contributed by atoms with Crippen LogP contribution in [-0.4, -0.2) is 77.5 Å². The minimum atomic E-state index is -3.66. The molecule has 1 saturated heterocycles. The number of hydrogen-bond donors (Lipinski definition) is 1. The number of piperazine rings is 1. The highest BCUT2D eigenvalue weighted by atomic mass is 32.2. The minimum absolute atomic E-state index is 0.0526. The molecule has 1 aliphatic rings. The van der Waals surface area contributed by atoms with Crippen LogP contribution in [0.15, 0.2) is 54.6 Å². The fourth-order valence-corrected chi connectivity index (χ4v) is 5.58. The molecule has 1 amide bonds. The van der Waals surface area contributed by atoms with Crippen molar-refractivity contribution in [1.29, 1.82) is 0 Å². The van der Waals surface area contributed by atoms with E-state index < -0.39 is 10.2 Å². The van der Waals surface area contributed by atoms with E-state index in [1.165, 1.54) is 4.31 Å². The Morgan fingerprint density at radius 2 is 1.68 bits per heavy atom. The maximum absolute atomic E-state index is 13.4. The lowest BCUT2D eigenvalue weighted by Gasteiger charge is -2.43. The number of anilines is 1. The van der Waals surface area contributed by atoms with Crippen molar-refractivity contribution in [3.05, 3.63) is 54.6 Å². The summed E-state index contributed by atoms with van der Waals surface area (Å²) in [6, 6.07) is 16.6. The predicted octanol–water partition coefficient (Wildman–Crippen LogP) is 2.15. The number of nitrogens with zero attached hydrogens (tertiary/aromatic N) is 3. The van der Waals surface area contributed by atoms with E-state index >= 15 is 0 Å². The van der Waals surface area contributed by atoms with Crippen LogP contribution < -0.4 is 13.9 Å². The molecule has 31 heavy (non-hydrogen) atoms. The van der Waals surface area contributed by atoms with Crippen molar-refractivity contribution in [2.24, 2.45) is 0 Å². The molecule has 0 radical (unpaired) electrons. The number of rotatable bonds is 8. The van der Waals surface area contributed by atoms with Gasteiger partial charge in [0.05, 0.1) is 7.11 Å². The number of quaternary nitrogens is 1. The highest BCUT2D eigenvalue weighted by molar-refractivity contribution is 7.88. The summed E-state index contributed by atoms with van der Waals surface area (Å²) >= 11 is 0. The molecule has 2 aromatic rings. The largest absolute Gasteiger partial charge is 0.491 e. The van der Waals surface area contributed by atoms with Gasteiger partial charge < -0.3 is 10.1 Å². The molecule has 0 saturated carbocycles. The van der Waals surface area contributed by atoms with Crippen LogP contribution in [0.5, 0.6) is 5.75 Å². The lowest BCUT2D eigenvalue weighted by Crippen LogP contribution is -2.66. The number of hydrogen-bond acceptors (Lipinski definition) is 5. The van der Waals surface area contributed by atoms with Crippen molar-refractivity contribution in [1.82, 2.24) is 13.1 Å². The number of ether oxygens (including phenoxy) is 1. The van der Waals surface area contributed by atoms with Crippen LogP contribution in [0, 0.1) is 0 Å². The van der Waals surface area contributed by atoms with Gasteiger partial charge in [-0.2, -0.15) is 16.6 Å². The average Bonchev–Trinajstić information content (AvgIpc) is 2.78. The highest BCUT2D eigenvalue weighted by Crippen LogP contribution is 2.38. The quantitative estimate of drug-likeness (QED) is 0.628. The molecular weight excluding hydrogens is 416 g/mol. The summed E-state index contributed by atoms with van der Waals surface area (Å²) in [5, 5.41) is 2.89. The van der Waals surface area contributed by atoms with E-state index in [2.05, 4.69) is 10.2 Å². The standard InChI is InChI=1S/C22H30N4O4S/c1-24(2)31(28,29)26(20-11-7-8-12-21(20)30-3)17-15-25(16-18-26)14-13-22(27)23-19-9-5-4-6-10-19/h4-12H,13-18H2,1-3H3/p+1. The Morgan fingerprint density at radius 1 is 1.06 bits per heavy atom. The van der Waals surface area contributed by atoms with E-state index in [4.69, 9.17) is 4.74 Å². The van der Waals surface area contributed by atoms with Crippen LogP contribution in [0.3, 0.4) is 0 Å². The molecule has 9 heteroatoms. The summed E-state index contributed by atoms with van der Waals surface area (Å²) in [6.07, 6.45) is 0.351. The number of amides is 1. The monoisotopic (exact) mass is 447 g/mol. The Balaban J connectivity index is 1.71. The number of benzene rings is 2. The Hall–Kier alpha value is -2.46. The van der Waals surface area contributed by atoms with Gasteiger partial charge in [-0.05, 0) is 18.2 Å². The van der Waals surface area contributed by atoms with Gasteiger partial charge in [0.1, 0.15) is 13.1 Å². The molecule has 0 aromatic heterocycles. The third-order valence-electron chi connectivity index (χ3n) is 5.69. The van der Waals surface area contributed by atoms with Gasteiger partial charge >= 0.3 is 10.2 Å². The number of nitrogens with one attached hydrogen (secondary N) is 1. The number of carbonyl (C=O) groups excluding carboxylic acids is 1. The van der Waals surface area contributed by atoms with E-state index in [1.54, 1.807) is 27.3 Å². The van der Waals surface area contributed by atoms with Gasteiger partial charge in [-0.15, -0.1) is 0 Å². The molecule has 0 bridgehead atoms. The first kappa shape index (κ1) is 23.2. The lowest BCUT2D eigenvalue weighted by molar-refractivity contribution is -0.116. The van der Waals surface area contributed by atoms with Gasteiger partial charge in [-0.3, -0.25) is 9.69 Å². The zero-order valence-electron chi connectivity index (χ0n) is 18.3. The molecule has 0 aliphatic carbocycles. The minimum Gasteiger partial charge on any atom is -0.491 e. The van der Waals surface area contributed by atoms with Gasteiger partial charge in [-0.1, -0.05) is 30.3 Å². The molecule has 0 spiro atoms. The Morgan fingerprint density at radius 3 is 2.29 bits per heavy atom. The average molecular weight is 448 g/mol. The zero-order chi connectivity index (χ0) is 22.5. The SMILES string of the molecule is COc1ccccc1[N+]1(S(=O)(=O)N(C)C)CCN(CCC(=O)Nc2ccccc2)CC1. The van der Waals surface area contributed by atoms with Crippen molar-refractivity contribution in [3.63, 3.8) is 0 Å². The van der Waals surface area contributed by atoms with Crippen molar-refractivity contribution < 1.29 is 17.9 Å². The predicted molar refractivity (Wildman–Crippen MR) is 123 cm³/mol. The molecule has 1 aliphatic heterocycles. The Bertz CT molecular complexity index is 988. The summed E-state index contributed by atoms with van der Waals surface area (Å²) in [5.74, 6) is 0.506. The van der Waals surface area contributed by atoms with Gasteiger partial charge in [0.25, 0.3) is 0 Å². The van der Waals surface area contributed by atoms with E-state index in [0.717, 1.165) is 5.69 Å². The van der Waals surface area contributed by atoms with Crippen molar-refractivity contribution in [3.8, 4) is 5.75 Å². The van der Waals surface area contributed by atoms with Gasteiger partial charge in [-0.25, -0.2) is 0 Å². The van der Waals surface area contributed by atoms with E-state index in [9.17, 15) is 13.2 Å². The summed E-state index contributed by atoms with van der Waals surface area (Å²) < 4.78 is 33.4. The lowest BCUT2D eigenvalue weighted by atomic mass is 10.2. The topological polar surface area (TPSA) is 79.0 Å². The maximum Gasteiger partial charge on any atom is 0.377 e. The first-order chi connectivity index (χ1) is 14.8. The molecule has 0 unspecified atom stereocenters. The van der Waals surface area contributed by atoms with Crippen LogP contribution in [0.4, 0.5) is 11.4 Å². The second-order valence-electron chi connectivity index (χ2n) is 7.77. The molecule has 3 rings (SSSR count). The van der Waals surface area contributed by atoms with Crippen LogP contribution in [0.2, 0.25) is 0 Å². The molecule has 8 nitrogen and oxygen atoms in total. The molecular formula is C22H31N4O4S+. The van der Waals surface area contributed by atoms with Crippen molar-refractivity contribution >= 4 is 27.5 Å². The first-order valence-corrected chi connectivity index (χ1v) is 11.7. The third kappa shape index (κ3) is 4.90. The normalized spacial score (nSPS) is 16.8. The number of para-hydroxylation sites is 3. The Kier molecular flexibility index (Phi) is 7.32. The fraction of sp³-hybridized carbons (Fsp3) is 0.409. The fourth-order valence-electron chi connectivity index (χ4n) is 3.93. The van der Waals surface area contributed by atoms with Crippen molar-refractivity contribution in [2.75, 3.05) is 59.2 Å². The summed E-state index contributed by atoms with van der Waals surface area (Å²) in [6.45, 7) is 2.45. The summed E-state index contributed by atoms with van der Waals surface area (Å²) in [4.78, 5) is 14.4. The van der Waals surface area contributed by atoms with Gasteiger partial charge in [0, 0.05) is 51.9 Å². The van der Waals surface area contributed by atoms with E-state index in [-0.39, 0.29) is 9.80 Å². The van der Waals surface area contributed by atoms with E-state index in [1.807, 2.05) is 48.5 Å². The van der Waals surface area contributed by atoms with E-state index in [0.29, 0.717) is 50.6 Å². The van der Waals surface area contributed by atoms with Gasteiger partial charge in [0.2, 0.25) is 5.91 Å². The number of carbonyl (C=O) groups is 1. The highest BCUT2D eigenvalue weighted by Gasteiger charge is 2.49. The number of methoxy groups -OCH3 is 1. The third-order valence-corrected chi connectivity index (χ3v) is 8.06. The second kappa shape index (κ2) is 9.78. The smallest absolute Gasteiger partial charge is 0.377 e. The van der Waals surface area contributed by atoms with Crippen LogP contribution >= 0.6 is 0 Å². The van der Waals surface area contributed by atoms with Crippen LogP contribution in [0.1, 0.15) is 6.42 Å². The molecule has 1 heterocycles. The van der Waals surface area contributed by atoms with Gasteiger partial charge in [0.15, 0.2) is 11.4 Å². The molecule has 0 atom stereocenters. The summed E-state index contributed by atoms with van der Waals surface area (Å²) in [5.41, 5.74) is 1.41. The summed E-state index contributed by atoms with van der Waals surface area (Å²) in [7, 11) is 1.02. The molecule has 1 N–H and O–H groups in total.